The van der Waals surface area contributed by atoms with Gasteiger partial charge < -0.3 is 10.1 Å². The summed E-state index contributed by atoms with van der Waals surface area (Å²) in [5.41, 5.74) is 1.80. The summed E-state index contributed by atoms with van der Waals surface area (Å²) in [7, 11) is 0. The van der Waals surface area contributed by atoms with E-state index in [4.69, 9.17) is 4.74 Å². The Morgan fingerprint density at radius 1 is 1.16 bits per heavy atom. The molecule has 0 aliphatic rings. The zero-order valence-electron chi connectivity index (χ0n) is 17.0. The lowest BCUT2D eigenvalue weighted by Gasteiger charge is -2.09. The van der Waals surface area contributed by atoms with Gasteiger partial charge >= 0.3 is 0 Å². The number of nitrogens with zero attached hydrogens (tertiary/aromatic N) is 3. The summed E-state index contributed by atoms with van der Waals surface area (Å²) >= 11 is 0. The second-order valence-corrected chi connectivity index (χ2v) is 6.71. The number of rotatable bonds is 9. The number of nitro groups is 1. The smallest absolute Gasteiger partial charge is 0.269 e. The maximum absolute atomic E-state index is 12.4. The van der Waals surface area contributed by atoms with Gasteiger partial charge in [0.1, 0.15) is 5.75 Å². The van der Waals surface area contributed by atoms with Crippen LogP contribution < -0.4 is 15.6 Å². The van der Waals surface area contributed by atoms with Gasteiger partial charge in [-0.25, -0.2) is 4.98 Å². The summed E-state index contributed by atoms with van der Waals surface area (Å²) < 4.78 is 6.83. The van der Waals surface area contributed by atoms with Crippen molar-refractivity contribution in [3.8, 4) is 17.0 Å². The molecule has 2 aromatic carbocycles. The van der Waals surface area contributed by atoms with E-state index in [9.17, 15) is 19.7 Å². The third-order valence-corrected chi connectivity index (χ3v) is 4.53. The number of carbonyl (C=O) groups is 1. The van der Waals surface area contributed by atoms with Crippen LogP contribution in [0.4, 0.5) is 5.69 Å². The van der Waals surface area contributed by atoms with Crippen LogP contribution in [0.25, 0.3) is 11.3 Å². The fourth-order valence-corrected chi connectivity index (χ4v) is 2.94. The van der Waals surface area contributed by atoms with Crippen molar-refractivity contribution in [2.75, 3.05) is 13.2 Å². The van der Waals surface area contributed by atoms with Gasteiger partial charge in [-0.05, 0) is 36.8 Å². The van der Waals surface area contributed by atoms with Crippen LogP contribution in [0.2, 0.25) is 0 Å². The first kappa shape index (κ1) is 21.7. The molecule has 1 amide bonds. The second kappa shape index (κ2) is 10.1. The number of carbonyl (C=O) groups excluding carboxylic acids is 1. The largest absolute Gasteiger partial charge is 0.494 e. The van der Waals surface area contributed by atoms with E-state index in [-0.39, 0.29) is 36.7 Å². The molecule has 1 N–H and O–H groups in total. The molecule has 0 saturated carbocycles. The van der Waals surface area contributed by atoms with Gasteiger partial charge in [0.25, 0.3) is 11.2 Å². The van der Waals surface area contributed by atoms with Crippen LogP contribution in [0, 0.1) is 10.1 Å². The molecule has 160 valence electrons. The number of aromatic nitrogens is 2. The first-order chi connectivity index (χ1) is 15.0. The molecule has 0 aliphatic carbocycles. The molecule has 9 heteroatoms. The summed E-state index contributed by atoms with van der Waals surface area (Å²) in [5, 5.41) is 13.4. The lowest BCUT2D eigenvalue weighted by molar-refractivity contribution is -0.384. The molecule has 0 aliphatic heterocycles. The standard InChI is InChI=1S/C22H22N4O5/c1-2-31-19-9-5-17(6-10-19)20-14-22(28)25(15-24-20)12-11-23-21(27)13-16-3-7-18(8-4-16)26(29)30/h3-10,14-15H,2,11-13H2,1H3,(H,23,27). The van der Waals surface area contributed by atoms with E-state index in [1.807, 2.05) is 31.2 Å². The topological polar surface area (TPSA) is 116 Å². The Labute approximate surface area is 178 Å². The molecule has 0 atom stereocenters. The molecule has 0 radical (unpaired) electrons. The molecule has 31 heavy (non-hydrogen) atoms. The van der Waals surface area contributed by atoms with E-state index in [1.165, 1.54) is 29.1 Å². The van der Waals surface area contributed by atoms with Crippen LogP contribution >= 0.6 is 0 Å². The molecule has 1 heterocycles. The number of non-ortho nitro benzene ring substituents is 1. The van der Waals surface area contributed by atoms with Crippen molar-refractivity contribution in [1.29, 1.82) is 0 Å². The lowest BCUT2D eigenvalue weighted by atomic mass is 10.1. The molecule has 0 unspecified atom stereocenters. The minimum Gasteiger partial charge on any atom is -0.494 e. The molecule has 0 bridgehead atoms. The summed E-state index contributed by atoms with van der Waals surface area (Å²) in [6.45, 7) is 3.03. The van der Waals surface area contributed by atoms with Gasteiger partial charge in [0, 0.05) is 36.9 Å². The predicted molar refractivity (Wildman–Crippen MR) is 115 cm³/mol. The third kappa shape index (κ3) is 5.99. The number of nitro benzene ring substituents is 1. The van der Waals surface area contributed by atoms with Crippen LogP contribution in [0.15, 0.2) is 65.7 Å². The molecule has 9 nitrogen and oxygen atoms in total. The summed E-state index contributed by atoms with van der Waals surface area (Å²) in [5.74, 6) is 0.518. The fraction of sp³-hybridized carbons (Fsp3) is 0.227. The number of benzene rings is 2. The first-order valence-electron chi connectivity index (χ1n) is 9.76. The van der Waals surface area contributed by atoms with Crippen LogP contribution in [0.3, 0.4) is 0 Å². The van der Waals surface area contributed by atoms with Crippen LogP contribution in [-0.2, 0) is 17.8 Å². The van der Waals surface area contributed by atoms with Crippen LogP contribution in [0.1, 0.15) is 12.5 Å². The minimum atomic E-state index is -0.489. The van der Waals surface area contributed by atoms with Crippen LogP contribution in [-0.4, -0.2) is 33.5 Å². The van der Waals surface area contributed by atoms with Gasteiger partial charge in [-0.1, -0.05) is 12.1 Å². The number of amides is 1. The average Bonchev–Trinajstić information content (AvgIpc) is 2.76. The Bertz CT molecular complexity index is 1110. The van der Waals surface area contributed by atoms with Gasteiger partial charge in [-0.15, -0.1) is 0 Å². The van der Waals surface area contributed by atoms with Gasteiger partial charge in [0.15, 0.2) is 0 Å². The van der Waals surface area contributed by atoms with E-state index >= 15 is 0 Å². The number of hydrogen-bond donors (Lipinski definition) is 1. The van der Waals surface area contributed by atoms with E-state index in [2.05, 4.69) is 10.3 Å². The SMILES string of the molecule is CCOc1ccc(-c2cc(=O)n(CCNC(=O)Cc3ccc([N+](=O)[O-])cc3)cn2)cc1. The lowest BCUT2D eigenvalue weighted by Crippen LogP contribution is -2.31. The minimum absolute atomic E-state index is 0.0234. The third-order valence-electron chi connectivity index (χ3n) is 4.53. The molecule has 1 aromatic heterocycles. The number of ether oxygens (including phenoxy) is 1. The highest BCUT2D eigenvalue weighted by Gasteiger charge is 2.08. The average molecular weight is 422 g/mol. The molecular weight excluding hydrogens is 400 g/mol. The fourth-order valence-electron chi connectivity index (χ4n) is 2.94. The highest BCUT2D eigenvalue weighted by atomic mass is 16.6. The van der Waals surface area contributed by atoms with Gasteiger partial charge in [0.2, 0.25) is 5.91 Å². The predicted octanol–water partition coefficient (Wildman–Crippen LogP) is 2.58. The molecule has 3 rings (SSSR count). The summed E-state index contributed by atoms with van der Waals surface area (Å²) in [4.78, 5) is 38.9. The van der Waals surface area contributed by atoms with Crippen molar-refractivity contribution >= 4 is 11.6 Å². The highest BCUT2D eigenvalue weighted by molar-refractivity contribution is 5.78. The highest BCUT2D eigenvalue weighted by Crippen LogP contribution is 2.19. The number of nitrogens with one attached hydrogen (secondary N) is 1. The number of hydrogen-bond acceptors (Lipinski definition) is 6. The van der Waals surface area contributed by atoms with Crippen molar-refractivity contribution in [3.63, 3.8) is 0 Å². The van der Waals surface area contributed by atoms with E-state index in [0.29, 0.717) is 17.9 Å². The second-order valence-electron chi connectivity index (χ2n) is 6.71. The van der Waals surface area contributed by atoms with Crippen molar-refractivity contribution in [2.45, 2.75) is 19.9 Å². The molecular formula is C22H22N4O5. The van der Waals surface area contributed by atoms with Crippen molar-refractivity contribution < 1.29 is 14.5 Å². The van der Waals surface area contributed by atoms with E-state index in [1.54, 1.807) is 12.1 Å². The van der Waals surface area contributed by atoms with Crippen molar-refractivity contribution in [2.24, 2.45) is 0 Å². The quantitative estimate of drug-likeness (QED) is 0.418. The monoisotopic (exact) mass is 422 g/mol. The first-order valence-corrected chi connectivity index (χ1v) is 9.76. The molecule has 0 fully saturated rings. The maximum Gasteiger partial charge on any atom is 0.269 e. The molecule has 0 spiro atoms. The van der Waals surface area contributed by atoms with Gasteiger partial charge in [-0.3, -0.25) is 24.3 Å². The maximum atomic E-state index is 12.4. The summed E-state index contributed by atoms with van der Waals surface area (Å²) in [6, 6.07) is 14.6. The normalized spacial score (nSPS) is 10.5. The van der Waals surface area contributed by atoms with Gasteiger partial charge in [-0.2, -0.15) is 0 Å². The molecule has 0 saturated heterocycles. The zero-order valence-corrected chi connectivity index (χ0v) is 17.0. The van der Waals surface area contributed by atoms with E-state index < -0.39 is 4.92 Å². The Hall–Kier alpha value is -4.01. The Morgan fingerprint density at radius 3 is 2.48 bits per heavy atom. The Kier molecular flexibility index (Phi) is 7.10. The van der Waals surface area contributed by atoms with Gasteiger partial charge in [0.05, 0.1) is 30.0 Å². The Morgan fingerprint density at radius 2 is 1.87 bits per heavy atom. The molecule has 3 aromatic rings. The summed E-state index contributed by atoms with van der Waals surface area (Å²) in [6.07, 6.45) is 1.55. The van der Waals surface area contributed by atoms with Crippen LogP contribution in [0.5, 0.6) is 5.75 Å². The zero-order chi connectivity index (χ0) is 22.2. The van der Waals surface area contributed by atoms with Crippen molar-refractivity contribution in [1.82, 2.24) is 14.9 Å². The Balaban J connectivity index is 1.52. The van der Waals surface area contributed by atoms with E-state index in [0.717, 1.165) is 11.3 Å². The van der Waals surface area contributed by atoms with Crippen molar-refractivity contribution in [3.05, 3.63) is 87.0 Å².